The molecule has 1 aromatic heterocycles. The van der Waals surface area contributed by atoms with Crippen LogP contribution in [0.15, 0.2) is 48.5 Å². The van der Waals surface area contributed by atoms with Crippen molar-refractivity contribution in [3.63, 3.8) is 0 Å². The Morgan fingerprint density at radius 1 is 0.957 bits per heavy atom. The van der Waals surface area contributed by atoms with E-state index in [1.165, 1.54) is 12.1 Å². The number of aryl methyl sites for hydroxylation is 1. The lowest BCUT2D eigenvalue weighted by molar-refractivity contribution is 0.296. The van der Waals surface area contributed by atoms with E-state index >= 15 is 0 Å². The van der Waals surface area contributed by atoms with Crippen LogP contribution in [0.4, 0.5) is 4.39 Å². The lowest BCUT2D eigenvalue weighted by Gasteiger charge is -2.08. The van der Waals surface area contributed by atoms with Gasteiger partial charge in [0.25, 0.3) is 0 Å². The van der Waals surface area contributed by atoms with Gasteiger partial charge in [-0.25, -0.2) is 4.39 Å². The Balaban J connectivity index is 1.81. The van der Waals surface area contributed by atoms with Crippen LogP contribution in [0, 0.1) is 11.2 Å². The summed E-state index contributed by atoms with van der Waals surface area (Å²) in [7, 11) is 0. The molecule has 0 saturated heterocycles. The third kappa shape index (κ3) is 3.13. The molecule has 4 nitrogen and oxygen atoms in total. The van der Waals surface area contributed by atoms with Crippen LogP contribution in [0.5, 0.6) is 5.75 Å². The molecular weight excluding hydrogens is 293 g/mol. The zero-order chi connectivity index (χ0) is 16.2. The van der Waals surface area contributed by atoms with Gasteiger partial charge in [-0.2, -0.15) is 0 Å². The van der Waals surface area contributed by atoms with E-state index in [0.717, 1.165) is 24.0 Å². The smallest absolute Gasteiger partial charge is 0.203 e. The van der Waals surface area contributed by atoms with Gasteiger partial charge in [0.2, 0.25) is 5.62 Å². The first kappa shape index (κ1) is 15.3. The monoisotopic (exact) mass is 313 g/mol. The Hall–Kier alpha value is -2.56. The maximum Gasteiger partial charge on any atom is 0.203 e. The number of hydrogen-bond donors (Lipinski definition) is 1. The predicted molar refractivity (Wildman–Crippen MR) is 88.0 cm³/mol. The first-order valence-corrected chi connectivity index (χ1v) is 7.81. The van der Waals surface area contributed by atoms with Gasteiger partial charge in [-0.15, -0.1) is 0 Å². The molecule has 0 amide bonds. The number of hydrogen-bond acceptors (Lipinski definition) is 2. The van der Waals surface area contributed by atoms with Crippen molar-refractivity contribution in [2.45, 2.75) is 26.4 Å². The van der Waals surface area contributed by atoms with E-state index in [1.54, 1.807) is 12.1 Å². The standard InChI is InChI=1S/C18H20FN3O/c1-2-11-21-16-5-3-4-6-17(16)22(18(21)20)12-13-23-15-9-7-14(19)8-10-15/h3-10,20H,2,11-13H2,1H3. The van der Waals surface area contributed by atoms with Crippen molar-refractivity contribution in [2.75, 3.05) is 6.61 Å². The summed E-state index contributed by atoms with van der Waals surface area (Å²) in [5.74, 6) is 0.360. The van der Waals surface area contributed by atoms with E-state index in [4.69, 9.17) is 10.1 Å². The Bertz CT molecular complexity index is 849. The van der Waals surface area contributed by atoms with Crippen LogP contribution in [-0.2, 0) is 13.1 Å². The third-order valence-corrected chi connectivity index (χ3v) is 3.82. The molecule has 0 spiro atoms. The predicted octanol–water partition coefficient (Wildman–Crippen LogP) is 3.55. The van der Waals surface area contributed by atoms with Gasteiger partial charge < -0.3 is 13.9 Å². The minimum Gasteiger partial charge on any atom is -0.492 e. The molecule has 0 aliphatic heterocycles. The van der Waals surface area contributed by atoms with Crippen LogP contribution in [0.2, 0.25) is 0 Å². The van der Waals surface area contributed by atoms with E-state index in [2.05, 4.69) is 6.92 Å². The molecule has 2 aromatic carbocycles. The lowest BCUT2D eigenvalue weighted by Crippen LogP contribution is -2.26. The van der Waals surface area contributed by atoms with Crippen molar-refractivity contribution in [2.24, 2.45) is 0 Å². The molecule has 0 radical (unpaired) electrons. The van der Waals surface area contributed by atoms with Gasteiger partial charge in [-0.05, 0) is 42.8 Å². The maximum atomic E-state index is 12.9. The van der Waals surface area contributed by atoms with Crippen LogP contribution >= 0.6 is 0 Å². The second-order valence-electron chi connectivity index (χ2n) is 5.42. The molecule has 0 fully saturated rings. The SMILES string of the molecule is CCCn1c(=N)n(CCOc2ccc(F)cc2)c2ccccc21. The minimum atomic E-state index is -0.275. The van der Waals surface area contributed by atoms with Crippen molar-refractivity contribution < 1.29 is 9.13 Å². The molecule has 5 heteroatoms. The average molecular weight is 313 g/mol. The fourth-order valence-electron chi connectivity index (χ4n) is 2.76. The van der Waals surface area contributed by atoms with Gasteiger partial charge in [0.15, 0.2) is 0 Å². The maximum absolute atomic E-state index is 12.9. The van der Waals surface area contributed by atoms with Gasteiger partial charge >= 0.3 is 0 Å². The summed E-state index contributed by atoms with van der Waals surface area (Å²) in [6.45, 7) is 3.94. The van der Waals surface area contributed by atoms with Gasteiger partial charge in [0, 0.05) is 6.54 Å². The molecule has 0 unspecified atom stereocenters. The zero-order valence-corrected chi connectivity index (χ0v) is 13.1. The van der Waals surface area contributed by atoms with Crippen LogP contribution in [0.25, 0.3) is 11.0 Å². The molecule has 1 N–H and O–H groups in total. The summed E-state index contributed by atoms with van der Waals surface area (Å²) in [4.78, 5) is 0. The van der Waals surface area contributed by atoms with Crippen LogP contribution < -0.4 is 10.4 Å². The summed E-state index contributed by atoms with van der Waals surface area (Å²) < 4.78 is 22.5. The van der Waals surface area contributed by atoms with Crippen LogP contribution in [-0.4, -0.2) is 15.7 Å². The van der Waals surface area contributed by atoms with Gasteiger partial charge in [0.1, 0.15) is 18.2 Å². The van der Waals surface area contributed by atoms with Crippen molar-refractivity contribution in [3.8, 4) is 5.75 Å². The Morgan fingerprint density at radius 2 is 1.57 bits per heavy atom. The molecule has 0 aliphatic rings. The van der Waals surface area contributed by atoms with Crippen molar-refractivity contribution >= 4 is 11.0 Å². The average Bonchev–Trinajstić information content (AvgIpc) is 2.83. The molecule has 0 aliphatic carbocycles. The number of nitrogens with zero attached hydrogens (tertiary/aromatic N) is 2. The molecule has 120 valence electrons. The highest BCUT2D eigenvalue weighted by molar-refractivity contribution is 5.75. The van der Waals surface area contributed by atoms with E-state index in [-0.39, 0.29) is 5.82 Å². The molecule has 1 heterocycles. The Kier molecular flexibility index (Phi) is 4.46. The summed E-state index contributed by atoms with van der Waals surface area (Å²) in [6, 6.07) is 14.0. The molecular formula is C18H20FN3O. The summed E-state index contributed by atoms with van der Waals surface area (Å²) in [5.41, 5.74) is 2.59. The van der Waals surface area contributed by atoms with E-state index in [0.29, 0.717) is 24.5 Å². The summed E-state index contributed by atoms with van der Waals surface area (Å²) >= 11 is 0. The van der Waals surface area contributed by atoms with Gasteiger partial charge in [0.05, 0.1) is 17.6 Å². The largest absolute Gasteiger partial charge is 0.492 e. The topological polar surface area (TPSA) is 42.9 Å². The number of fused-ring (bicyclic) bond motifs is 1. The first-order chi connectivity index (χ1) is 11.2. The number of imidazole rings is 1. The summed E-state index contributed by atoms with van der Waals surface area (Å²) in [5, 5.41) is 8.41. The van der Waals surface area contributed by atoms with E-state index < -0.39 is 0 Å². The van der Waals surface area contributed by atoms with Crippen LogP contribution in [0.3, 0.4) is 0 Å². The molecule has 0 atom stereocenters. The number of benzene rings is 2. The second kappa shape index (κ2) is 6.69. The normalized spacial score (nSPS) is 11.0. The van der Waals surface area contributed by atoms with Gasteiger partial charge in [-0.1, -0.05) is 19.1 Å². The van der Waals surface area contributed by atoms with Crippen molar-refractivity contribution in [1.29, 1.82) is 5.41 Å². The number of nitrogens with one attached hydrogen (secondary N) is 1. The minimum absolute atomic E-state index is 0.275. The number of aromatic nitrogens is 2. The molecule has 23 heavy (non-hydrogen) atoms. The highest BCUT2D eigenvalue weighted by Gasteiger charge is 2.09. The number of ether oxygens (including phenoxy) is 1. The van der Waals surface area contributed by atoms with Crippen LogP contribution in [0.1, 0.15) is 13.3 Å². The molecule has 3 aromatic rings. The first-order valence-electron chi connectivity index (χ1n) is 7.81. The molecule has 3 rings (SSSR count). The zero-order valence-electron chi connectivity index (χ0n) is 13.1. The highest BCUT2D eigenvalue weighted by atomic mass is 19.1. The van der Waals surface area contributed by atoms with Crippen molar-refractivity contribution in [1.82, 2.24) is 9.13 Å². The number of halogens is 1. The van der Waals surface area contributed by atoms with Crippen molar-refractivity contribution in [3.05, 3.63) is 60.0 Å². The molecule has 0 saturated carbocycles. The second-order valence-corrected chi connectivity index (χ2v) is 5.42. The fraction of sp³-hybridized carbons (Fsp3) is 0.278. The van der Waals surface area contributed by atoms with E-state index in [9.17, 15) is 4.39 Å². The number of para-hydroxylation sites is 2. The third-order valence-electron chi connectivity index (χ3n) is 3.82. The molecule has 0 bridgehead atoms. The Morgan fingerprint density at radius 3 is 2.17 bits per heavy atom. The quantitative estimate of drug-likeness (QED) is 0.743. The lowest BCUT2D eigenvalue weighted by atomic mass is 10.3. The van der Waals surface area contributed by atoms with Gasteiger partial charge in [-0.3, -0.25) is 5.41 Å². The summed E-state index contributed by atoms with van der Waals surface area (Å²) in [6.07, 6.45) is 0.983. The fourth-order valence-corrected chi connectivity index (χ4v) is 2.76. The highest BCUT2D eigenvalue weighted by Crippen LogP contribution is 2.14. The Labute approximate surface area is 134 Å². The number of rotatable bonds is 6. The van der Waals surface area contributed by atoms with E-state index in [1.807, 2.05) is 33.4 Å².